The van der Waals surface area contributed by atoms with Gasteiger partial charge in [0, 0.05) is 26.1 Å². The molecular formula is C16H27ClN2O. The summed E-state index contributed by atoms with van der Waals surface area (Å²) in [6.45, 7) is 3.56. The van der Waals surface area contributed by atoms with Gasteiger partial charge in [-0.2, -0.15) is 0 Å². The molecule has 0 fully saturated rings. The number of amides is 1. The van der Waals surface area contributed by atoms with E-state index in [1.54, 1.807) is 0 Å². The van der Waals surface area contributed by atoms with Crippen molar-refractivity contribution in [3.05, 3.63) is 35.9 Å². The van der Waals surface area contributed by atoms with E-state index in [0.717, 1.165) is 32.4 Å². The van der Waals surface area contributed by atoms with Crippen molar-refractivity contribution in [3.63, 3.8) is 0 Å². The summed E-state index contributed by atoms with van der Waals surface area (Å²) >= 11 is 0. The molecule has 1 atom stereocenters. The lowest BCUT2D eigenvalue weighted by molar-refractivity contribution is -0.133. The van der Waals surface area contributed by atoms with Gasteiger partial charge < -0.3 is 10.2 Å². The van der Waals surface area contributed by atoms with E-state index in [2.05, 4.69) is 29.6 Å². The van der Waals surface area contributed by atoms with Crippen LogP contribution in [-0.2, 0) is 11.2 Å². The van der Waals surface area contributed by atoms with E-state index in [9.17, 15) is 4.79 Å². The van der Waals surface area contributed by atoms with E-state index in [1.807, 2.05) is 32.0 Å². The Balaban J connectivity index is 0.00000361. The lowest BCUT2D eigenvalue weighted by Gasteiger charge is -2.21. The number of carbonyl (C=O) groups is 1. The van der Waals surface area contributed by atoms with Crippen molar-refractivity contribution in [3.8, 4) is 0 Å². The van der Waals surface area contributed by atoms with E-state index in [1.165, 1.54) is 5.56 Å². The predicted octanol–water partition coefficient (Wildman–Crippen LogP) is 2.75. The first-order chi connectivity index (χ1) is 9.15. The SMILES string of the molecule is CNCC(C)C(=O)N(C)CCCCc1ccccc1.Cl. The first kappa shape index (κ1) is 18.9. The highest BCUT2D eigenvalue weighted by atomic mass is 35.5. The van der Waals surface area contributed by atoms with E-state index >= 15 is 0 Å². The van der Waals surface area contributed by atoms with Crippen molar-refractivity contribution in [1.29, 1.82) is 0 Å². The molecule has 20 heavy (non-hydrogen) atoms. The first-order valence-corrected chi connectivity index (χ1v) is 7.08. The van der Waals surface area contributed by atoms with Crippen LogP contribution in [0.1, 0.15) is 25.3 Å². The zero-order chi connectivity index (χ0) is 14.1. The maximum Gasteiger partial charge on any atom is 0.226 e. The minimum Gasteiger partial charge on any atom is -0.345 e. The summed E-state index contributed by atoms with van der Waals surface area (Å²) < 4.78 is 0. The lowest BCUT2D eigenvalue weighted by Crippen LogP contribution is -2.36. The van der Waals surface area contributed by atoms with Crippen LogP contribution in [0.4, 0.5) is 0 Å². The number of carbonyl (C=O) groups excluding carboxylic acids is 1. The summed E-state index contributed by atoms with van der Waals surface area (Å²) in [6.07, 6.45) is 3.28. The number of nitrogens with zero attached hydrogens (tertiary/aromatic N) is 1. The Labute approximate surface area is 129 Å². The molecule has 0 radical (unpaired) electrons. The molecule has 1 aromatic rings. The van der Waals surface area contributed by atoms with Crippen LogP contribution in [0.3, 0.4) is 0 Å². The zero-order valence-electron chi connectivity index (χ0n) is 12.8. The molecule has 0 aliphatic carbocycles. The molecule has 4 heteroatoms. The third-order valence-electron chi connectivity index (χ3n) is 3.36. The molecule has 1 N–H and O–H groups in total. The summed E-state index contributed by atoms with van der Waals surface area (Å²) in [6, 6.07) is 10.5. The lowest BCUT2D eigenvalue weighted by atomic mass is 10.1. The van der Waals surface area contributed by atoms with Gasteiger partial charge in [-0.25, -0.2) is 0 Å². The molecule has 1 amide bonds. The number of aryl methyl sites for hydroxylation is 1. The van der Waals surface area contributed by atoms with Crippen LogP contribution in [0.2, 0.25) is 0 Å². The van der Waals surface area contributed by atoms with Gasteiger partial charge >= 0.3 is 0 Å². The third-order valence-corrected chi connectivity index (χ3v) is 3.36. The number of rotatable bonds is 8. The fourth-order valence-electron chi connectivity index (χ4n) is 2.20. The quantitative estimate of drug-likeness (QED) is 0.749. The van der Waals surface area contributed by atoms with Crippen molar-refractivity contribution >= 4 is 18.3 Å². The maximum absolute atomic E-state index is 12.0. The van der Waals surface area contributed by atoms with E-state index in [0.29, 0.717) is 0 Å². The highest BCUT2D eigenvalue weighted by Gasteiger charge is 2.15. The number of unbranched alkanes of at least 4 members (excludes halogenated alkanes) is 1. The van der Waals surface area contributed by atoms with Gasteiger partial charge in [-0.1, -0.05) is 37.3 Å². The minimum atomic E-state index is 0. The number of benzene rings is 1. The summed E-state index contributed by atoms with van der Waals surface area (Å²) in [7, 11) is 3.78. The molecule has 0 heterocycles. The zero-order valence-corrected chi connectivity index (χ0v) is 13.6. The second-order valence-corrected chi connectivity index (χ2v) is 5.16. The fourth-order valence-corrected chi connectivity index (χ4v) is 2.20. The van der Waals surface area contributed by atoms with Crippen LogP contribution in [0.15, 0.2) is 30.3 Å². The van der Waals surface area contributed by atoms with Crippen LogP contribution in [-0.4, -0.2) is 38.0 Å². The Morgan fingerprint density at radius 2 is 1.90 bits per heavy atom. The third kappa shape index (κ3) is 6.92. The van der Waals surface area contributed by atoms with E-state index in [4.69, 9.17) is 0 Å². The molecule has 0 aromatic heterocycles. The summed E-state index contributed by atoms with van der Waals surface area (Å²) in [5, 5.41) is 3.04. The Morgan fingerprint density at radius 1 is 1.25 bits per heavy atom. The molecule has 0 aliphatic rings. The summed E-state index contributed by atoms with van der Waals surface area (Å²) in [4.78, 5) is 13.8. The number of nitrogens with one attached hydrogen (secondary N) is 1. The Bertz CT molecular complexity index is 370. The van der Waals surface area contributed by atoms with Crippen LogP contribution < -0.4 is 5.32 Å². The summed E-state index contributed by atoms with van der Waals surface area (Å²) in [5.74, 6) is 0.290. The second-order valence-electron chi connectivity index (χ2n) is 5.16. The normalized spacial score (nSPS) is 11.6. The second kappa shape index (κ2) is 10.7. The monoisotopic (exact) mass is 298 g/mol. The van der Waals surface area contributed by atoms with Gasteiger partial charge in [0.1, 0.15) is 0 Å². The number of halogens is 1. The standard InChI is InChI=1S/C16H26N2O.ClH/c1-14(13-17-2)16(19)18(3)12-8-7-11-15-9-5-4-6-10-15;/h4-6,9-10,14,17H,7-8,11-13H2,1-3H3;1H. The molecule has 1 aromatic carbocycles. The van der Waals surface area contributed by atoms with Gasteiger partial charge in [0.25, 0.3) is 0 Å². The molecule has 0 saturated carbocycles. The molecule has 0 aliphatic heterocycles. The average Bonchev–Trinajstić information content (AvgIpc) is 2.44. The molecule has 3 nitrogen and oxygen atoms in total. The largest absolute Gasteiger partial charge is 0.345 e. The smallest absolute Gasteiger partial charge is 0.226 e. The highest BCUT2D eigenvalue weighted by molar-refractivity contribution is 5.85. The Morgan fingerprint density at radius 3 is 2.50 bits per heavy atom. The molecular weight excluding hydrogens is 272 g/mol. The number of hydrogen-bond donors (Lipinski definition) is 1. The van der Waals surface area contributed by atoms with Crippen LogP contribution in [0, 0.1) is 5.92 Å². The fraction of sp³-hybridized carbons (Fsp3) is 0.562. The molecule has 1 unspecified atom stereocenters. The Kier molecular flexibility index (Phi) is 10.1. The average molecular weight is 299 g/mol. The van der Waals surface area contributed by atoms with Gasteiger partial charge in [-0.15, -0.1) is 12.4 Å². The molecule has 0 saturated heterocycles. The van der Waals surface area contributed by atoms with Crippen LogP contribution in [0.25, 0.3) is 0 Å². The van der Waals surface area contributed by atoms with Gasteiger partial charge in [0.15, 0.2) is 0 Å². The van der Waals surface area contributed by atoms with Gasteiger partial charge in [-0.05, 0) is 31.9 Å². The first-order valence-electron chi connectivity index (χ1n) is 7.08. The highest BCUT2D eigenvalue weighted by Crippen LogP contribution is 2.06. The van der Waals surface area contributed by atoms with Crippen molar-refractivity contribution in [2.45, 2.75) is 26.2 Å². The van der Waals surface area contributed by atoms with Crippen LogP contribution in [0.5, 0.6) is 0 Å². The van der Waals surface area contributed by atoms with Gasteiger partial charge in [0.2, 0.25) is 5.91 Å². The van der Waals surface area contributed by atoms with Gasteiger partial charge in [0.05, 0.1) is 0 Å². The topological polar surface area (TPSA) is 32.3 Å². The van der Waals surface area contributed by atoms with E-state index in [-0.39, 0.29) is 24.2 Å². The van der Waals surface area contributed by atoms with Crippen molar-refractivity contribution in [2.24, 2.45) is 5.92 Å². The minimum absolute atomic E-state index is 0. The Hall–Kier alpha value is -1.06. The molecule has 0 bridgehead atoms. The van der Waals surface area contributed by atoms with Crippen molar-refractivity contribution in [2.75, 3.05) is 27.2 Å². The van der Waals surface area contributed by atoms with Crippen molar-refractivity contribution in [1.82, 2.24) is 10.2 Å². The number of hydrogen-bond acceptors (Lipinski definition) is 2. The molecule has 114 valence electrons. The predicted molar refractivity (Wildman–Crippen MR) is 87.4 cm³/mol. The van der Waals surface area contributed by atoms with Crippen molar-refractivity contribution < 1.29 is 4.79 Å². The molecule has 1 rings (SSSR count). The van der Waals surface area contributed by atoms with E-state index < -0.39 is 0 Å². The summed E-state index contributed by atoms with van der Waals surface area (Å²) in [5.41, 5.74) is 1.38. The van der Waals surface area contributed by atoms with Gasteiger partial charge in [-0.3, -0.25) is 4.79 Å². The maximum atomic E-state index is 12.0. The molecule has 0 spiro atoms. The van der Waals surface area contributed by atoms with Crippen LogP contribution >= 0.6 is 12.4 Å².